The fraction of sp³-hybridized carbons (Fsp3) is 0.182. The lowest BCUT2D eigenvalue weighted by Gasteiger charge is -2.35. The van der Waals surface area contributed by atoms with E-state index in [1.807, 2.05) is 0 Å². The Morgan fingerprint density at radius 2 is 0.653 bits per heavy atom. The predicted octanol–water partition coefficient (Wildman–Crippen LogP) is 10.4. The minimum Gasteiger partial charge on any atom is -0.492 e. The zero-order valence-electron chi connectivity index (χ0n) is 28.6. The molecule has 6 aromatic carbocycles. The van der Waals surface area contributed by atoms with Gasteiger partial charge in [-0.05, 0) is 118 Å². The van der Waals surface area contributed by atoms with Crippen molar-refractivity contribution in [1.29, 1.82) is 0 Å². The summed E-state index contributed by atoms with van der Waals surface area (Å²) in [5.74, 6) is 1.78. The molecule has 0 N–H and O–H groups in total. The molecule has 0 spiro atoms. The molecule has 248 valence electrons. The summed E-state index contributed by atoms with van der Waals surface area (Å²) in [5.41, 5.74) is -0.0140. The SMILES string of the molecule is CC(C)(C)N(CCOc1ccc([S+](c2ccccc2)c2ccccc2)cc1)CCOc1ccc([S+](c2ccccc2)c2ccccc2)cc1. The first-order valence-corrected chi connectivity index (χ1v) is 19.3. The fourth-order valence-electron chi connectivity index (χ4n) is 5.72. The highest BCUT2D eigenvalue weighted by atomic mass is 32.2. The zero-order valence-corrected chi connectivity index (χ0v) is 30.2. The predicted molar refractivity (Wildman–Crippen MR) is 205 cm³/mol. The molecule has 0 bridgehead atoms. The maximum atomic E-state index is 6.27. The Hall–Kier alpha value is -4.42. The van der Waals surface area contributed by atoms with Crippen LogP contribution in [0.15, 0.2) is 199 Å². The molecule has 0 saturated heterocycles. The van der Waals surface area contributed by atoms with Gasteiger partial charge in [0.05, 0.1) is 21.8 Å². The number of hydrogen-bond donors (Lipinski definition) is 0. The van der Waals surface area contributed by atoms with Crippen molar-refractivity contribution in [2.45, 2.75) is 55.7 Å². The minimum atomic E-state index is -0.167. The lowest BCUT2D eigenvalue weighted by Crippen LogP contribution is -2.45. The summed E-state index contributed by atoms with van der Waals surface area (Å²) in [6, 6.07) is 60.2. The average Bonchev–Trinajstić information content (AvgIpc) is 3.14. The van der Waals surface area contributed by atoms with Gasteiger partial charge in [-0.2, -0.15) is 0 Å². The highest BCUT2D eigenvalue weighted by Gasteiger charge is 2.29. The molecule has 0 radical (unpaired) electrons. The largest absolute Gasteiger partial charge is 0.492 e. The maximum absolute atomic E-state index is 6.27. The Kier molecular flexibility index (Phi) is 11.8. The Morgan fingerprint density at radius 3 is 0.918 bits per heavy atom. The van der Waals surface area contributed by atoms with Gasteiger partial charge in [-0.3, -0.25) is 4.90 Å². The molecule has 0 amide bonds. The van der Waals surface area contributed by atoms with E-state index in [0.717, 1.165) is 24.6 Å². The van der Waals surface area contributed by atoms with E-state index in [2.05, 4.69) is 196 Å². The van der Waals surface area contributed by atoms with E-state index in [4.69, 9.17) is 9.47 Å². The molecule has 5 heteroatoms. The number of hydrogen-bond acceptors (Lipinski definition) is 3. The van der Waals surface area contributed by atoms with Crippen LogP contribution in [-0.2, 0) is 21.8 Å². The Bertz CT molecular complexity index is 1620. The number of nitrogens with zero attached hydrogens (tertiary/aromatic N) is 1. The maximum Gasteiger partial charge on any atom is 0.166 e. The second-order valence-electron chi connectivity index (χ2n) is 12.7. The molecule has 0 aliphatic rings. The van der Waals surface area contributed by atoms with Crippen molar-refractivity contribution in [3.8, 4) is 11.5 Å². The molecule has 0 fully saturated rings. The first kappa shape index (κ1) is 34.4. The van der Waals surface area contributed by atoms with Crippen LogP contribution in [0.25, 0.3) is 0 Å². The van der Waals surface area contributed by atoms with E-state index in [1.165, 1.54) is 29.4 Å². The molecule has 0 unspecified atom stereocenters. The van der Waals surface area contributed by atoms with Gasteiger partial charge in [-0.25, -0.2) is 0 Å². The van der Waals surface area contributed by atoms with Crippen LogP contribution in [0.2, 0.25) is 0 Å². The van der Waals surface area contributed by atoms with E-state index in [1.54, 1.807) is 0 Å². The topological polar surface area (TPSA) is 21.7 Å². The van der Waals surface area contributed by atoms with Crippen LogP contribution in [0.5, 0.6) is 11.5 Å². The third-order valence-electron chi connectivity index (χ3n) is 8.24. The average molecular weight is 684 g/mol. The summed E-state index contributed by atoms with van der Waals surface area (Å²) in [6.45, 7) is 9.58. The molecule has 0 aromatic heterocycles. The molecule has 0 aliphatic carbocycles. The van der Waals surface area contributed by atoms with Crippen molar-refractivity contribution in [2.24, 2.45) is 0 Å². The van der Waals surface area contributed by atoms with Gasteiger partial charge in [0.2, 0.25) is 0 Å². The van der Waals surface area contributed by atoms with Crippen LogP contribution in [0.3, 0.4) is 0 Å². The minimum absolute atomic E-state index is 0.0140. The molecule has 0 heterocycles. The van der Waals surface area contributed by atoms with Crippen molar-refractivity contribution < 1.29 is 9.47 Å². The van der Waals surface area contributed by atoms with Crippen LogP contribution < -0.4 is 9.47 Å². The summed E-state index contributed by atoms with van der Waals surface area (Å²) in [4.78, 5) is 10.2. The van der Waals surface area contributed by atoms with E-state index < -0.39 is 0 Å². The van der Waals surface area contributed by atoms with E-state index in [-0.39, 0.29) is 27.3 Å². The summed E-state index contributed by atoms with van der Waals surface area (Å²) in [5, 5.41) is 0. The second kappa shape index (κ2) is 16.8. The number of rotatable bonds is 14. The highest BCUT2D eigenvalue weighted by Crippen LogP contribution is 2.33. The quantitative estimate of drug-likeness (QED) is 0.107. The third-order valence-corrected chi connectivity index (χ3v) is 12.7. The Morgan fingerprint density at radius 1 is 0.388 bits per heavy atom. The van der Waals surface area contributed by atoms with Crippen molar-refractivity contribution >= 4 is 21.8 Å². The van der Waals surface area contributed by atoms with Gasteiger partial charge in [-0.15, -0.1) is 0 Å². The van der Waals surface area contributed by atoms with Gasteiger partial charge in [0, 0.05) is 18.6 Å². The van der Waals surface area contributed by atoms with Gasteiger partial charge in [0.15, 0.2) is 29.4 Å². The van der Waals surface area contributed by atoms with Crippen LogP contribution in [0.4, 0.5) is 0 Å². The smallest absolute Gasteiger partial charge is 0.166 e. The number of ether oxygens (including phenoxy) is 2. The first-order valence-electron chi connectivity index (χ1n) is 16.9. The molecular formula is C44H45NO2S2+2. The van der Waals surface area contributed by atoms with E-state index >= 15 is 0 Å². The van der Waals surface area contributed by atoms with Gasteiger partial charge < -0.3 is 9.47 Å². The standard InChI is InChI=1S/C44H45NO2S2/c1-44(2,3)45(32-34-46-36-24-28-42(29-25-36)48(38-16-8-4-9-17-38)39-18-10-5-11-19-39)33-35-47-37-26-30-43(31-27-37)49(40-20-12-6-13-21-40)41-22-14-7-15-23-41/h4-31H,32-35H2,1-3H3/q+2. The normalized spacial score (nSPS) is 11.6. The van der Waals surface area contributed by atoms with E-state index in [9.17, 15) is 0 Å². The third kappa shape index (κ3) is 9.39. The molecule has 6 rings (SSSR count). The van der Waals surface area contributed by atoms with Crippen LogP contribution in [0, 0.1) is 0 Å². The molecule has 49 heavy (non-hydrogen) atoms. The van der Waals surface area contributed by atoms with Crippen molar-refractivity contribution in [2.75, 3.05) is 26.3 Å². The van der Waals surface area contributed by atoms with Crippen molar-refractivity contribution in [3.63, 3.8) is 0 Å². The lowest BCUT2D eigenvalue weighted by molar-refractivity contribution is 0.0934. The molecular weight excluding hydrogens is 639 g/mol. The number of benzene rings is 6. The monoisotopic (exact) mass is 683 g/mol. The van der Waals surface area contributed by atoms with Gasteiger partial charge in [0.1, 0.15) is 24.7 Å². The summed E-state index contributed by atoms with van der Waals surface area (Å²) in [7, 11) is -0.333. The van der Waals surface area contributed by atoms with Crippen LogP contribution in [-0.4, -0.2) is 36.7 Å². The lowest BCUT2D eigenvalue weighted by atomic mass is 10.1. The fourth-order valence-corrected chi connectivity index (χ4v) is 9.88. The van der Waals surface area contributed by atoms with Crippen molar-refractivity contribution in [1.82, 2.24) is 4.90 Å². The summed E-state index contributed by atoms with van der Waals surface area (Å²) in [6.07, 6.45) is 0. The molecule has 0 saturated carbocycles. The van der Waals surface area contributed by atoms with Crippen LogP contribution >= 0.6 is 0 Å². The molecule has 3 nitrogen and oxygen atoms in total. The van der Waals surface area contributed by atoms with Crippen molar-refractivity contribution in [3.05, 3.63) is 170 Å². The van der Waals surface area contributed by atoms with Gasteiger partial charge >= 0.3 is 0 Å². The second-order valence-corrected chi connectivity index (χ2v) is 16.7. The van der Waals surface area contributed by atoms with Crippen LogP contribution in [0.1, 0.15) is 20.8 Å². The Labute approximate surface area is 298 Å². The molecule has 0 atom stereocenters. The first-order chi connectivity index (χ1) is 24.0. The van der Waals surface area contributed by atoms with E-state index in [0.29, 0.717) is 13.2 Å². The zero-order chi connectivity index (χ0) is 33.9. The highest BCUT2D eigenvalue weighted by molar-refractivity contribution is 7.97. The molecule has 0 aliphatic heterocycles. The summed E-state index contributed by atoms with van der Waals surface area (Å²) < 4.78 is 12.5. The molecule has 6 aromatic rings. The van der Waals surface area contributed by atoms with Gasteiger partial charge in [-0.1, -0.05) is 72.8 Å². The van der Waals surface area contributed by atoms with Gasteiger partial charge in [0.25, 0.3) is 0 Å². The Balaban J connectivity index is 1.04. The summed E-state index contributed by atoms with van der Waals surface area (Å²) >= 11 is 0.